The topological polar surface area (TPSA) is 148 Å². The predicted octanol–water partition coefficient (Wildman–Crippen LogP) is 5.03. The van der Waals surface area contributed by atoms with Gasteiger partial charge in [0.05, 0.1) is 12.8 Å². The maximum atomic E-state index is 13.8. The molecule has 0 saturated carbocycles. The van der Waals surface area contributed by atoms with Gasteiger partial charge in [-0.25, -0.2) is 0 Å². The zero-order valence-electron chi connectivity index (χ0n) is 24.5. The van der Waals surface area contributed by atoms with Gasteiger partial charge in [-0.3, -0.25) is 15.0 Å². The largest absolute Gasteiger partial charge is 0.493 e. The summed E-state index contributed by atoms with van der Waals surface area (Å²) < 4.78 is 16.8. The number of methoxy groups -OCH3 is 2. The molecular weight excluding hydrogens is 582 g/mol. The summed E-state index contributed by atoms with van der Waals surface area (Å²) in [6.07, 6.45) is 0. The fourth-order valence-corrected chi connectivity index (χ4v) is 4.33. The van der Waals surface area contributed by atoms with E-state index in [1.807, 2.05) is 60.7 Å². The monoisotopic (exact) mass is 617 g/mol. The van der Waals surface area contributed by atoms with Crippen LogP contribution in [0.15, 0.2) is 97.1 Å². The molecule has 0 fully saturated rings. The molecule has 11 heteroatoms. The van der Waals surface area contributed by atoms with Crippen molar-refractivity contribution in [3.05, 3.63) is 119 Å². The van der Waals surface area contributed by atoms with Crippen LogP contribution in [-0.4, -0.2) is 38.5 Å². The van der Waals surface area contributed by atoms with Gasteiger partial charge >= 0.3 is 0 Å². The molecule has 0 unspecified atom stereocenters. The normalized spacial score (nSPS) is 11.0. The molecule has 10 nitrogen and oxygen atoms in total. The van der Waals surface area contributed by atoms with Gasteiger partial charge in [0.25, 0.3) is 0 Å². The molecule has 0 aliphatic heterocycles. The number of hydrogen-bond acceptors (Lipinski definition) is 7. The van der Waals surface area contributed by atoms with Crippen LogP contribution in [0, 0.1) is 5.41 Å². The Kier molecular flexibility index (Phi) is 12.6. The lowest BCUT2D eigenvalue weighted by molar-refractivity contribution is -0.122. The number of amides is 2. The number of hydrogen-bond donors (Lipinski definition) is 5. The van der Waals surface area contributed by atoms with Gasteiger partial charge in [0.15, 0.2) is 11.5 Å². The highest BCUT2D eigenvalue weighted by Gasteiger charge is 2.27. The SMILES string of the molecule is COCC(=O)Nc1cc(OCc2ccccc2)c(OC)cc1[C@H](Nc1ccc(C(=N)N)cc1)C(=O)NCc1ccccc1.Cl. The van der Waals surface area contributed by atoms with Crippen molar-refractivity contribution in [2.24, 2.45) is 5.73 Å². The second-order valence-electron chi connectivity index (χ2n) is 9.62. The summed E-state index contributed by atoms with van der Waals surface area (Å²) in [5, 5.41) is 16.8. The van der Waals surface area contributed by atoms with Gasteiger partial charge in [-0.1, -0.05) is 60.7 Å². The zero-order chi connectivity index (χ0) is 30.6. The fourth-order valence-electron chi connectivity index (χ4n) is 4.33. The number of nitrogens with one attached hydrogen (secondary N) is 4. The van der Waals surface area contributed by atoms with Crippen molar-refractivity contribution in [2.45, 2.75) is 19.2 Å². The molecule has 4 aromatic carbocycles. The molecule has 1 atom stereocenters. The Morgan fingerprint density at radius 1 is 0.864 bits per heavy atom. The number of nitrogen functional groups attached to an aromatic ring is 1. The van der Waals surface area contributed by atoms with E-state index < -0.39 is 11.9 Å². The Morgan fingerprint density at radius 2 is 1.50 bits per heavy atom. The van der Waals surface area contributed by atoms with Gasteiger partial charge in [-0.05, 0) is 41.5 Å². The second-order valence-corrected chi connectivity index (χ2v) is 9.62. The number of anilines is 2. The number of ether oxygens (including phenoxy) is 3. The number of nitrogens with two attached hydrogens (primary N) is 1. The van der Waals surface area contributed by atoms with Crippen LogP contribution in [0.4, 0.5) is 11.4 Å². The van der Waals surface area contributed by atoms with E-state index in [1.165, 1.54) is 14.2 Å². The molecule has 0 aliphatic carbocycles. The van der Waals surface area contributed by atoms with Gasteiger partial charge in [-0.2, -0.15) is 0 Å². The van der Waals surface area contributed by atoms with Crippen LogP contribution >= 0.6 is 12.4 Å². The number of amidine groups is 1. The van der Waals surface area contributed by atoms with Crippen LogP contribution in [0.25, 0.3) is 0 Å². The number of benzene rings is 4. The molecule has 0 spiro atoms. The molecule has 0 heterocycles. The van der Waals surface area contributed by atoms with E-state index in [0.717, 1.165) is 11.1 Å². The molecular formula is C33H36ClN5O5. The maximum Gasteiger partial charge on any atom is 0.250 e. The summed E-state index contributed by atoms with van der Waals surface area (Å²) in [7, 11) is 2.94. The van der Waals surface area contributed by atoms with Gasteiger partial charge in [0.1, 0.15) is 25.1 Å². The van der Waals surface area contributed by atoms with Crippen LogP contribution in [0.5, 0.6) is 11.5 Å². The van der Waals surface area contributed by atoms with E-state index in [9.17, 15) is 9.59 Å². The number of halogens is 1. The lowest BCUT2D eigenvalue weighted by Gasteiger charge is -2.24. The number of carbonyl (C=O) groups excluding carboxylic acids is 2. The van der Waals surface area contributed by atoms with Crippen molar-refractivity contribution in [1.29, 1.82) is 5.41 Å². The second kappa shape index (κ2) is 16.5. The minimum atomic E-state index is -0.971. The molecule has 0 bridgehead atoms. The van der Waals surface area contributed by atoms with Gasteiger partial charge < -0.3 is 35.9 Å². The van der Waals surface area contributed by atoms with E-state index >= 15 is 0 Å². The predicted molar refractivity (Wildman–Crippen MR) is 174 cm³/mol. The average molecular weight is 618 g/mol. The third-order valence-corrected chi connectivity index (χ3v) is 6.51. The Labute approximate surface area is 262 Å². The van der Waals surface area contributed by atoms with E-state index in [4.69, 9.17) is 25.4 Å². The molecule has 44 heavy (non-hydrogen) atoms. The van der Waals surface area contributed by atoms with Crippen LogP contribution in [0.1, 0.15) is 28.3 Å². The van der Waals surface area contributed by atoms with E-state index in [-0.39, 0.29) is 37.4 Å². The number of carbonyl (C=O) groups is 2. The summed E-state index contributed by atoms with van der Waals surface area (Å²) in [4.78, 5) is 26.5. The summed E-state index contributed by atoms with van der Waals surface area (Å²) >= 11 is 0. The summed E-state index contributed by atoms with van der Waals surface area (Å²) in [5.41, 5.74) is 9.43. The lowest BCUT2D eigenvalue weighted by atomic mass is 10.0. The summed E-state index contributed by atoms with van der Waals surface area (Å²) in [6, 6.07) is 28.4. The highest BCUT2D eigenvalue weighted by atomic mass is 35.5. The van der Waals surface area contributed by atoms with Crippen LogP contribution in [0.2, 0.25) is 0 Å². The van der Waals surface area contributed by atoms with Crippen LogP contribution in [0.3, 0.4) is 0 Å². The highest BCUT2D eigenvalue weighted by Crippen LogP contribution is 2.38. The highest BCUT2D eigenvalue weighted by molar-refractivity contribution is 5.96. The molecule has 0 aromatic heterocycles. The first-order valence-corrected chi connectivity index (χ1v) is 13.6. The minimum absolute atomic E-state index is 0. The lowest BCUT2D eigenvalue weighted by Crippen LogP contribution is -2.34. The minimum Gasteiger partial charge on any atom is -0.493 e. The van der Waals surface area contributed by atoms with Crippen molar-refractivity contribution in [3.8, 4) is 11.5 Å². The first-order valence-electron chi connectivity index (χ1n) is 13.6. The Balaban J connectivity index is 0.00000529. The summed E-state index contributed by atoms with van der Waals surface area (Å²) in [5.74, 6) is -0.0519. The first kappa shape index (κ1) is 33.4. The quantitative estimate of drug-likeness (QED) is 0.0984. The molecule has 0 radical (unpaired) electrons. The van der Waals surface area contributed by atoms with Crippen molar-refractivity contribution < 1.29 is 23.8 Å². The first-order chi connectivity index (χ1) is 20.9. The Morgan fingerprint density at radius 3 is 2.09 bits per heavy atom. The van der Waals surface area contributed by atoms with Gasteiger partial charge in [-0.15, -0.1) is 12.4 Å². The third-order valence-electron chi connectivity index (χ3n) is 6.51. The molecule has 0 aliphatic rings. The Bertz CT molecular complexity index is 1540. The molecule has 6 N–H and O–H groups in total. The molecule has 4 aromatic rings. The Hall–Kier alpha value is -5.06. The standard InChI is InChI=1S/C33H35N5O5.ClH/c1-41-21-30(39)38-27-18-29(43-20-23-11-7-4-8-12-23)28(42-2)17-26(27)31(33(40)36-19-22-9-5-3-6-10-22)37-25-15-13-24(14-16-25)32(34)35;/h3-18,31,37H,19-21H2,1-2H3,(H3,34,35)(H,36,40)(H,38,39);1H/t31-;/m0./s1. The van der Waals surface area contributed by atoms with Gasteiger partial charge in [0.2, 0.25) is 11.8 Å². The van der Waals surface area contributed by atoms with Gasteiger partial charge in [0, 0.05) is 36.5 Å². The van der Waals surface area contributed by atoms with Crippen LogP contribution in [-0.2, 0) is 27.5 Å². The molecule has 230 valence electrons. The zero-order valence-corrected chi connectivity index (χ0v) is 25.3. The summed E-state index contributed by atoms with van der Waals surface area (Å²) in [6.45, 7) is 0.377. The van der Waals surface area contributed by atoms with Crippen LogP contribution < -0.4 is 31.2 Å². The van der Waals surface area contributed by atoms with E-state index in [1.54, 1.807) is 36.4 Å². The molecule has 2 amide bonds. The fraction of sp³-hybridized carbons (Fsp3) is 0.182. The average Bonchev–Trinajstić information content (AvgIpc) is 3.03. The molecule has 0 saturated heterocycles. The van der Waals surface area contributed by atoms with Crippen molar-refractivity contribution in [2.75, 3.05) is 31.5 Å². The third kappa shape index (κ3) is 9.22. The van der Waals surface area contributed by atoms with Crippen molar-refractivity contribution in [3.63, 3.8) is 0 Å². The van der Waals surface area contributed by atoms with E-state index in [2.05, 4.69) is 16.0 Å². The van der Waals surface area contributed by atoms with E-state index in [0.29, 0.717) is 40.5 Å². The maximum absolute atomic E-state index is 13.8. The smallest absolute Gasteiger partial charge is 0.250 e. The molecule has 4 rings (SSSR count). The number of rotatable bonds is 14. The van der Waals surface area contributed by atoms with Crippen molar-refractivity contribution in [1.82, 2.24) is 5.32 Å². The van der Waals surface area contributed by atoms with Crippen molar-refractivity contribution >= 4 is 41.4 Å².